The summed E-state index contributed by atoms with van der Waals surface area (Å²) in [5.41, 5.74) is 0. The van der Waals surface area contributed by atoms with E-state index in [4.69, 9.17) is 4.74 Å². The third-order valence-electron chi connectivity index (χ3n) is 2.89. The van der Waals surface area contributed by atoms with Gasteiger partial charge in [-0.25, -0.2) is 0 Å². The highest BCUT2D eigenvalue weighted by Crippen LogP contribution is 2.20. The van der Waals surface area contributed by atoms with E-state index in [-0.39, 0.29) is 11.9 Å². The summed E-state index contributed by atoms with van der Waals surface area (Å²) >= 11 is 0. The van der Waals surface area contributed by atoms with Gasteiger partial charge in [-0.15, -0.1) is 0 Å². The van der Waals surface area contributed by atoms with Gasteiger partial charge in [0.2, 0.25) is 5.91 Å². The molecule has 4 nitrogen and oxygen atoms in total. The Labute approximate surface area is 90.6 Å². The molecule has 0 unspecified atom stereocenters. The fourth-order valence-electron chi connectivity index (χ4n) is 1.91. The quantitative estimate of drug-likeness (QED) is 0.662. The molecule has 0 aromatic rings. The molecule has 0 aromatic heterocycles. The van der Waals surface area contributed by atoms with Gasteiger partial charge in [-0.3, -0.25) is 9.59 Å². The molecule has 0 radical (unpaired) electrons. The minimum absolute atomic E-state index is 0.161. The molecule has 0 bridgehead atoms. The molecule has 4 heteroatoms. The predicted octanol–water partition coefficient (Wildman–Crippen LogP) is 1.20. The average molecular weight is 213 g/mol. The number of carbonyl (C=O) groups is 2. The van der Waals surface area contributed by atoms with Gasteiger partial charge in [-0.2, -0.15) is 0 Å². The highest BCUT2D eigenvalue weighted by atomic mass is 16.5. The summed E-state index contributed by atoms with van der Waals surface area (Å²) in [6, 6.07) is 0. The molecular weight excluding hydrogens is 194 g/mol. The number of ether oxygens (including phenoxy) is 1. The lowest BCUT2D eigenvalue weighted by molar-refractivity contribution is -0.141. The lowest BCUT2D eigenvalue weighted by Crippen LogP contribution is -2.37. The zero-order valence-electron chi connectivity index (χ0n) is 9.49. The van der Waals surface area contributed by atoms with Crippen LogP contribution in [0, 0.1) is 5.92 Å². The molecule has 0 aromatic carbocycles. The molecule has 0 aliphatic carbocycles. The van der Waals surface area contributed by atoms with Gasteiger partial charge in [-0.05, 0) is 25.2 Å². The fraction of sp³-hybridized carbons (Fsp3) is 0.818. The number of hydrogen-bond donors (Lipinski definition) is 0. The van der Waals surface area contributed by atoms with Crippen LogP contribution in [0.4, 0.5) is 0 Å². The molecule has 1 fully saturated rings. The van der Waals surface area contributed by atoms with Gasteiger partial charge >= 0.3 is 5.97 Å². The van der Waals surface area contributed by atoms with Crippen LogP contribution in [-0.4, -0.2) is 36.5 Å². The number of carbonyl (C=O) groups excluding carboxylic acids is 2. The maximum atomic E-state index is 11.1. The van der Waals surface area contributed by atoms with Crippen LogP contribution in [0.3, 0.4) is 0 Å². The molecule has 0 spiro atoms. The number of nitrogens with zero attached hydrogens (tertiary/aromatic N) is 1. The number of hydrogen-bond acceptors (Lipinski definition) is 3. The average Bonchev–Trinajstić information content (AvgIpc) is 2.18. The van der Waals surface area contributed by atoms with Crippen molar-refractivity contribution in [3.63, 3.8) is 0 Å². The van der Waals surface area contributed by atoms with Crippen LogP contribution >= 0.6 is 0 Å². The monoisotopic (exact) mass is 213 g/mol. The van der Waals surface area contributed by atoms with Crippen LogP contribution in [0.1, 0.15) is 33.1 Å². The SMILES string of the molecule is CC(=O)OCCC1CCN(C(C)=O)CC1. The summed E-state index contributed by atoms with van der Waals surface area (Å²) < 4.78 is 4.90. The Morgan fingerprint density at radius 2 is 1.87 bits per heavy atom. The van der Waals surface area contributed by atoms with E-state index in [1.54, 1.807) is 6.92 Å². The van der Waals surface area contributed by atoms with Crippen LogP contribution in [0.25, 0.3) is 0 Å². The number of amides is 1. The lowest BCUT2D eigenvalue weighted by Gasteiger charge is -2.31. The molecule has 86 valence electrons. The Morgan fingerprint density at radius 3 is 2.33 bits per heavy atom. The van der Waals surface area contributed by atoms with E-state index in [1.807, 2.05) is 4.90 Å². The maximum absolute atomic E-state index is 11.1. The van der Waals surface area contributed by atoms with Crippen molar-refractivity contribution in [1.29, 1.82) is 0 Å². The van der Waals surface area contributed by atoms with Crippen LogP contribution < -0.4 is 0 Å². The second kappa shape index (κ2) is 5.73. The minimum atomic E-state index is -0.212. The summed E-state index contributed by atoms with van der Waals surface area (Å²) in [4.78, 5) is 23.5. The Balaban J connectivity index is 2.14. The van der Waals surface area contributed by atoms with Gasteiger partial charge in [0.05, 0.1) is 6.61 Å². The Hall–Kier alpha value is -1.06. The van der Waals surface area contributed by atoms with Gasteiger partial charge in [0.1, 0.15) is 0 Å². The van der Waals surface area contributed by atoms with Gasteiger partial charge in [0, 0.05) is 26.9 Å². The Morgan fingerprint density at radius 1 is 1.27 bits per heavy atom. The molecule has 0 saturated carbocycles. The molecule has 1 heterocycles. The summed E-state index contributed by atoms with van der Waals surface area (Å²) in [6.45, 7) is 5.25. The van der Waals surface area contributed by atoms with E-state index in [2.05, 4.69) is 0 Å². The van der Waals surface area contributed by atoms with Gasteiger partial charge < -0.3 is 9.64 Å². The lowest BCUT2D eigenvalue weighted by atomic mass is 9.94. The van der Waals surface area contributed by atoms with Crippen molar-refractivity contribution < 1.29 is 14.3 Å². The van der Waals surface area contributed by atoms with Gasteiger partial charge in [0.25, 0.3) is 0 Å². The predicted molar refractivity (Wildman–Crippen MR) is 56.2 cm³/mol. The molecule has 0 atom stereocenters. The van der Waals surface area contributed by atoms with E-state index < -0.39 is 0 Å². The minimum Gasteiger partial charge on any atom is -0.466 e. The first kappa shape index (κ1) is 12.0. The standard InChI is InChI=1S/C11H19NO3/c1-9(13)12-6-3-11(4-7-12)5-8-15-10(2)14/h11H,3-8H2,1-2H3. The third kappa shape index (κ3) is 4.32. The molecule has 1 aliphatic heterocycles. The molecular formula is C11H19NO3. The molecule has 1 aliphatic rings. The van der Waals surface area contributed by atoms with Crippen LogP contribution in [0.5, 0.6) is 0 Å². The van der Waals surface area contributed by atoms with Crippen molar-refractivity contribution in [2.45, 2.75) is 33.1 Å². The Kier molecular flexibility index (Phi) is 4.59. The normalized spacial score (nSPS) is 17.6. The molecule has 0 N–H and O–H groups in total. The highest BCUT2D eigenvalue weighted by Gasteiger charge is 2.20. The molecule has 1 saturated heterocycles. The number of piperidine rings is 1. The summed E-state index contributed by atoms with van der Waals surface area (Å²) in [5.74, 6) is 0.546. The van der Waals surface area contributed by atoms with Gasteiger partial charge in [0.15, 0.2) is 0 Å². The number of esters is 1. The smallest absolute Gasteiger partial charge is 0.302 e. The topological polar surface area (TPSA) is 46.6 Å². The van der Waals surface area contributed by atoms with Crippen LogP contribution in [0.15, 0.2) is 0 Å². The molecule has 1 amide bonds. The first-order chi connectivity index (χ1) is 7.09. The first-order valence-electron chi connectivity index (χ1n) is 5.48. The van der Waals surface area contributed by atoms with Crippen molar-refractivity contribution >= 4 is 11.9 Å². The zero-order chi connectivity index (χ0) is 11.3. The van der Waals surface area contributed by atoms with Crippen molar-refractivity contribution in [3.05, 3.63) is 0 Å². The van der Waals surface area contributed by atoms with Crippen molar-refractivity contribution in [1.82, 2.24) is 4.90 Å². The second-order valence-corrected chi connectivity index (χ2v) is 4.08. The van der Waals surface area contributed by atoms with E-state index in [0.29, 0.717) is 12.5 Å². The first-order valence-corrected chi connectivity index (χ1v) is 5.48. The van der Waals surface area contributed by atoms with E-state index in [0.717, 1.165) is 32.4 Å². The van der Waals surface area contributed by atoms with Gasteiger partial charge in [-0.1, -0.05) is 0 Å². The zero-order valence-corrected chi connectivity index (χ0v) is 9.49. The number of likely N-dealkylation sites (tertiary alicyclic amines) is 1. The summed E-state index contributed by atoms with van der Waals surface area (Å²) in [7, 11) is 0. The van der Waals surface area contributed by atoms with Crippen molar-refractivity contribution in [2.75, 3.05) is 19.7 Å². The summed E-state index contributed by atoms with van der Waals surface area (Å²) in [5, 5.41) is 0. The largest absolute Gasteiger partial charge is 0.466 e. The van der Waals surface area contributed by atoms with E-state index in [1.165, 1.54) is 6.92 Å². The number of rotatable bonds is 3. The highest BCUT2D eigenvalue weighted by molar-refractivity contribution is 5.73. The third-order valence-corrected chi connectivity index (χ3v) is 2.89. The van der Waals surface area contributed by atoms with Crippen LogP contribution in [0.2, 0.25) is 0 Å². The van der Waals surface area contributed by atoms with Crippen LogP contribution in [-0.2, 0) is 14.3 Å². The molecule has 1 rings (SSSR count). The fourth-order valence-corrected chi connectivity index (χ4v) is 1.91. The summed E-state index contributed by atoms with van der Waals surface area (Å²) in [6.07, 6.45) is 2.98. The van der Waals surface area contributed by atoms with Crippen molar-refractivity contribution in [2.24, 2.45) is 5.92 Å². The Bertz CT molecular complexity index is 229. The van der Waals surface area contributed by atoms with E-state index in [9.17, 15) is 9.59 Å². The second-order valence-electron chi connectivity index (χ2n) is 4.08. The maximum Gasteiger partial charge on any atom is 0.302 e. The van der Waals surface area contributed by atoms with E-state index >= 15 is 0 Å². The van der Waals surface area contributed by atoms with Crippen molar-refractivity contribution in [3.8, 4) is 0 Å². The molecule has 15 heavy (non-hydrogen) atoms.